The molecule has 0 unspecified atom stereocenters. The van der Waals surface area contributed by atoms with Gasteiger partial charge in [-0.3, -0.25) is 4.79 Å². The van der Waals surface area contributed by atoms with Gasteiger partial charge in [0, 0.05) is 13.0 Å². The third-order valence-corrected chi connectivity index (χ3v) is 4.24. The predicted molar refractivity (Wildman–Crippen MR) is 104 cm³/mol. The van der Waals surface area contributed by atoms with Crippen LogP contribution in [0.3, 0.4) is 0 Å². The third kappa shape index (κ3) is 21.3. The highest BCUT2D eigenvalue weighted by Crippen LogP contribution is 2.08. The molecule has 4 heteroatoms. The Morgan fingerprint density at radius 3 is 1.68 bits per heavy atom. The molecule has 0 aromatic carbocycles. The standard InChI is InChI=1S/C21H42O4/c1-3-5-7-9-10-11-13-15-21(22)25-20-19-24-18-17-23-16-14-12-8-6-4-2/h3-20H2,1-2H3. The number of carbonyl (C=O) groups is 1. The van der Waals surface area contributed by atoms with E-state index in [1.165, 1.54) is 57.8 Å². The average molecular weight is 359 g/mol. The quantitative estimate of drug-likeness (QED) is 0.208. The summed E-state index contributed by atoms with van der Waals surface area (Å²) in [5.41, 5.74) is 0. The van der Waals surface area contributed by atoms with Gasteiger partial charge in [0.1, 0.15) is 6.61 Å². The summed E-state index contributed by atoms with van der Waals surface area (Å²) >= 11 is 0. The number of hydrogen-bond donors (Lipinski definition) is 0. The fraction of sp³-hybridized carbons (Fsp3) is 0.952. The molecule has 0 spiro atoms. The molecule has 0 radical (unpaired) electrons. The average Bonchev–Trinajstić information content (AvgIpc) is 2.62. The molecule has 150 valence electrons. The van der Waals surface area contributed by atoms with Crippen LogP contribution in [-0.4, -0.2) is 39.0 Å². The Balaban J connectivity index is 3.12. The zero-order valence-electron chi connectivity index (χ0n) is 16.9. The van der Waals surface area contributed by atoms with E-state index in [0.29, 0.717) is 32.8 Å². The van der Waals surface area contributed by atoms with E-state index in [1.807, 2.05) is 0 Å². The molecular formula is C21H42O4. The lowest BCUT2D eigenvalue weighted by molar-refractivity contribution is -0.145. The normalized spacial score (nSPS) is 11.0. The minimum atomic E-state index is -0.0968. The van der Waals surface area contributed by atoms with Crippen molar-refractivity contribution in [1.82, 2.24) is 0 Å². The van der Waals surface area contributed by atoms with Crippen LogP contribution in [0, 0.1) is 0 Å². The first-order valence-electron chi connectivity index (χ1n) is 10.6. The summed E-state index contributed by atoms with van der Waals surface area (Å²) in [7, 11) is 0. The van der Waals surface area contributed by atoms with Gasteiger partial charge in [-0.05, 0) is 12.8 Å². The molecule has 0 bridgehead atoms. The Kier molecular flexibility index (Phi) is 20.9. The largest absolute Gasteiger partial charge is 0.463 e. The number of rotatable bonds is 20. The zero-order valence-corrected chi connectivity index (χ0v) is 16.9. The van der Waals surface area contributed by atoms with Crippen LogP contribution in [0.4, 0.5) is 0 Å². The molecule has 0 heterocycles. The molecule has 0 fully saturated rings. The second-order valence-corrected chi connectivity index (χ2v) is 6.73. The fourth-order valence-corrected chi connectivity index (χ4v) is 2.64. The Hall–Kier alpha value is -0.610. The molecule has 0 amide bonds. The van der Waals surface area contributed by atoms with E-state index in [4.69, 9.17) is 14.2 Å². The molecule has 0 N–H and O–H groups in total. The smallest absolute Gasteiger partial charge is 0.305 e. The molecular weight excluding hydrogens is 316 g/mol. The van der Waals surface area contributed by atoms with E-state index in [0.717, 1.165) is 25.9 Å². The maximum Gasteiger partial charge on any atom is 0.305 e. The molecule has 0 saturated carbocycles. The summed E-state index contributed by atoms with van der Waals surface area (Å²) < 4.78 is 16.1. The summed E-state index contributed by atoms with van der Waals surface area (Å²) in [4.78, 5) is 11.6. The number of esters is 1. The van der Waals surface area contributed by atoms with Gasteiger partial charge in [-0.25, -0.2) is 0 Å². The lowest BCUT2D eigenvalue weighted by Gasteiger charge is -2.07. The first-order chi connectivity index (χ1) is 12.3. The van der Waals surface area contributed by atoms with Gasteiger partial charge in [-0.15, -0.1) is 0 Å². The number of hydrogen-bond acceptors (Lipinski definition) is 4. The van der Waals surface area contributed by atoms with E-state index >= 15 is 0 Å². The lowest BCUT2D eigenvalue weighted by Crippen LogP contribution is -2.13. The molecule has 0 aliphatic rings. The highest BCUT2D eigenvalue weighted by Gasteiger charge is 2.02. The van der Waals surface area contributed by atoms with Crippen molar-refractivity contribution >= 4 is 5.97 Å². The Morgan fingerprint density at radius 1 is 0.560 bits per heavy atom. The second kappa shape index (κ2) is 21.4. The van der Waals surface area contributed by atoms with Gasteiger partial charge in [0.25, 0.3) is 0 Å². The monoisotopic (exact) mass is 358 g/mol. The summed E-state index contributed by atoms with van der Waals surface area (Å²) in [5, 5.41) is 0. The van der Waals surface area contributed by atoms with Crippen molar-refractivity contribution in [3.8, 4) is 0 Å². The Morgan fingerprint density at radius 2 is 1.04 bits per heavy atom. The molecule has 4 nitrogen and oxygen atoms in total. The number of ether oxygens (including phenoxy) is 3. The first kappa shape index (κ1) is 24.4. The van der Waals surface area contributed by atoms with E-state index in [1.54, 1.807) is 0 Å². The topological polar surface area (TPSA) is 44.8 Å². The van der Waals surface area contributed by atoms with E-state index < -0.39 is 0 Å². The van der Waals surface area contributed by atoms with E-state index in [2.05, 4.69) is 13.8 Å². The molecule has 25 heavy (non-hydrogen) atoms. The van der Waals surface area contributed by atoms with Crippen molar-refractivity contribution in [3.05, 3.63) is 0 Å². The van der Waals surface area contributed by atoms with Crippen molar-refractivity contribution < 1.29 is 19.0 Å². The molecule has 0 rings (SSSR count). The van der Waals surface area contributed by atoms with Crippen LogP contribution in [-0.2, 0) is 19.0 Å². The molecule has 0 atom stereocenters. The van der Waals surface area contributed by atoms with Gasteiger partial charge in [0.15, 0.2) is 0 Å². The minimum Gasteiger partial charge on any atom is -0.463 e. The summed E-state index contributed by atoms with van der Waals surface area (Å²) in [6.45, 7) is 7.28. The Bertz CT molecular complexity index is 269. The van der Waals surface area contributed by atoms with Crippen molar-refractivity contribution in [2.75, 3.05) is 33.0 Å². The highest BCUT2D eigenvalue weighted by atomic mass is 16.6. The van der Waals surface area contributed by atoms with Crippen LogP contribution in [0.2, 0.25) is 0 Å². The Labute approximate surface area is 156 Å². The highest BCUT2D eigenvalue weighted by molar-refractivity contribution is 5.69. The summed E-state index contributed by atoms with van der Waals surface area (Å²) in [6.07, 6.45) is 15.3. The third-order valence-electron chi connectivity index (χ3n) is 4.24. The molecule has 0 aliphatic carbocycles. The first-order valence-corrected chi connectivity index (χ1v) is 10.6. The van der Waals surface area contributed by atoms with Crippen molar-refractivity contribution in [1.29, 1.82) is 0 Å². The summed E-state index contributed by atoms with van der Waals surface area (Å²) in [5.74, 6) is -0.0968. The van der Waals surface area contributed by atoms with Gasteiger partial charge in [-0.1, -0.05) is 78.1 Å². The van der Waals surface area contributed by atoms with Crippen LogP contribution < -0.4 is 0 Å². The van der Waals surface area contributed by atoms with E-state index in [-0.39, 0.29) is 5.97 Å². The maximum atomic E-state index is 11.6. The lowest BCUT2D eigenvalue weighted by atomic mass is 10.1. The van der Waals surface area contributed by atoms with Gasteiger partial charge in [-0.2, -0.15) is 0 Å². The van der Waals surface area contributed by atoms with Crippen molar-refractivity contribution in [2.24, 2.45) is 0 Å². The SMILES string of the molecule is CCCCCCCCCC(=O)OCCOCCOCCCCCCC. The van der Waals surface area contributed by atoms with Gasteiger partial charge >= 0.3 is 5.97 Å². The fourth-order valence-electron chi connectivity index (χ4n) is 2.64. The maximum absolute atomic E-state index is 11.6. The van der Waals surface area contributed by atoms with Crippen LogP contribution in [0.5, 0.6) is 0 Å². The number of unbranched alkanes of at least 4 members (excludes halogenated alkanes) is 10. The van der Waals surface area contributed by atoms with Crippen molar-refractivity contribution in [2.45, 2.75) is 97.3 Å². The van der Waals surface area contributed by atoms with Crippen molar-refractivity contribution in [3.63, 3.8) is 0 Å². The van der Waals surface area contributed by atoms with Gasteiger partial charge < -0.3 is 14.2 Å². The second-order valence-electron chi connectivity index (χ2n) is 6.73. The van der Waals surface area contributed by atoms with Gasteiger partial charge in [0.2, 0.25) is 0 Å². The number of carbonyl (C=O) groups excluding carboxylic acids is 1. The van der Waals surface area contributed by atoms with Crippen LogP contribution in [0.1, 0.15) is 97.3 Å². The zero-order chi connectivity index (χ0) is 18.4. The molecule has 0 aliphatic heterocycles. The van der Waals surface area contributed by atoms with Crippen LogP contribution >= 0.6 is 0 Å². The minimum absolute atomic E-state index is 0.0968. The predicted octanol–water partition coefficient (Wildman–Crippen LogP) is 5.67. The molecule has 0 saturated heterocycles. The molecule has 0 aromatic heterocycles. The van der Waals surface area contributed by atoms with Gasteiger partial charge in [0.05, 0.1) is 19.8 Å². The van der Waals surface area contributed by atoms with E-state index in [9.17, 15) is 4.79 Å². The molecule has 0 aromatic rings. The van der Waals surface area contributed by atoms with Crippen LogP contribution in [0.15, 0.2) is 0 Å². The van der Waals surface area contributed by atoms with Crippen LogP contribution in [0.25, 0.3) is 0 Å². The summed E-state index contributed by atoms with van der Waals surface area (Å²) in [6, 6.07) is 0.